The highest BCUT2D eigenvalue weighted by Crippen LogP contribution is 2.11. The molecule has 0 spiro atoms. The molecule has 0 aliphatic heterocycles. The van der Waals surface area contributed by atoms with Crippen LogP contribution in [0.3, 0.4) is 0 Å². The quantitative estimate of drug-likeness (QED) is 0.819. The summed E-state index contributed by atoms with van der Waals surface area (Å²) in [6.45, 7) is 9.82. The van der Waals surface area contributed by atoms with E-state index >= 15 is 0 Å². The monoisotopic (exact) mass is 237 g/mol. The van der Waals surface area contributed by atoms with Crippen molar-refractivity contribution < 1.29 is 4.74 Å². The van der Waals surface area contributed by atoms with Crippen LogP contribution >= 0.6 is 0 Å². The molecule has 0 saturated heterocycles. The van der Waals surface area contributed by atoms with E-state index < -0.39 is 0 Å². The zero-order valence-corrected chi connectivity index (χ0v) is 11.5. The highest BCUT2D eigenvalue weighted by molar-refractivity contribution is 5.24. The van der Waals surface area contributed by atoms with Gasteiger partial charge in [0, 0.05) is 24.5 Å². The molecule has 0 atom stereocenters. The van der Waals surface area contributed by atoms with Gasteiger partial charge in [0.05, 0.1) is 0 Å². The van der Waals surface area contributed by atoms with E-state index in [1.807, 2.05) is 13.8 Å². The van der Waals surface area contributed by atoms with Gasteiger partial charge in [-0.15, -0.1) is 0 Å². The summed E-state index contributed by atoms with van der Waals surface area (Å²) in [4.78, 5) is 8.92. The molecule has 4 heteroatoms. The molecule has 0 unspecified atom stereocenters. The molecule has 1 N–H and O–H groups in total. The second kappa shape index (κ2) is 6.67. The van der Waals surface area contributed by atoms with Crippen molar-refractivity contribution in [2.24, 2.45) is 0 Å². The van der Waals surface area contributed by atoms with E-state index in [2.05, 4.69) is 29.1 Å². The fourth-order valence-corrected chi connectivity index (χ4v) is 1.85. The van der Waals surface area contributed by atoms with E-state index in [1.165, 1.54) is 5.56 Å². The molecule has 1 aromatic rings. The van der Waals surface area contributed by atoms with E-state index in [9.17, 15) is 0 Å². The molecule has 0 amide bonds. The Morgan fingerprint density at radius 2 is 1.76 bits per heavy atom. The lowest BCUT2D eigenvalue weighted by atomic mass is 10.1. The summed E-state index contributed by atoms with van der Waals surface area (Å²) in [7, 11) is 1.66. The summed E-state index contributed by atoms with van der Waals surface area (Å²) in [6, 6.07) is 0.518. The molecule has 17 heavy (non-hydrogen) atoms. The average molecular weight is 237 g/mol. The first kappa shape index (κ1) is 14.1. The number of aromatic nitrogens is 2. The minimum Gasteiger partial charge on any atom is -0.377 e. The smallest absolute Gasteiger partial charge is 0.154 e. The van der Waals surface area contributed by atoms with Gasteiger partial charge in [-0.1, -0.05) is 13.8 Å². The topological polar surface area (TPSA) is 47.0 Å². The van der Waals surface area contributed by atoms with Crippen molar-refractivity contribution in [3.63, 3.8) is 0 Å². The number of aryl methyl sites for hydroxylation is 2. The predicted molar refractivity (Wildman–Crippen MR) is 69.1 cm³/mol. The normalized spacial score (nSPS) is 11.2. The minimum atomic E-state index is 0.478. The van der Waals surface area contributed by atoms with Gasteiger partial charge in [0.15, 0.2) is 5.82 Å². The van der Waals surface area contributed by atoms with Gasteiger partial charge in [-0.3, -0.25) is 0 Å². The molecule has 0 radical (unpaired) electrons. The molecule has 0 aliphatic rings. The van der Waals surface area contributed by atoms with Gasteiger partial charge in [-0.25, -0.2) is 9.97 Å². The summed E-state index contributed by atoms with van der Waals surface area (Å²) < 4.78 is 5.05. The second-order valence-corrected chi connectivity index (χ2v) is 4.58. The van der Waals surface area contributed by atoms with Crippen LogP contribution in [0.5, 0.6) is 0 Å². The van der Waals surface area contributed by atoms with Gasteiger partial charge in [0.25, 0.3) is 0 Å². The third-order valence-corrected chi connectivity index (χ3v) is 2.67. The van der Waals surface area contributed by atoms with Crippen LogP contribution in [0.1, 0.15) is 36.6 Å². The maximum Gasteiger partial charge on any atom is 0.154 e. The number of nitrogens with one attached hydrogen (secondary N) is 1. The Bertz CT molecular complexity index is 341. The summed E-state index contributed by atoms with van der Waals surface area (Å²) >= 11 is 0. The van der Waals surface area contributed by atoms with Crippen molar-refractivity contribution in [1.29, 1.82) is 0 Å². The van der Waals surface area contributed by atoms with E-state index in [4.69, 9.17) is 4.74 Å². The van der Waals surface area contributed by atoms with E-state index in [-0.39, 0.29) is 0 Å². The average Bonchev–Trinajstić information content (AvgIpc) is 2.22. The maximum atomic E-state index is 5.05. The van der Waals surface area contributed by atoms with Crippen molar-refractivity contribution in [1.82, 2.24) is 15.3 Å². The van der Waals surface area contributed by atoms with Crippen LogP contribution in [0.15, 0.2) is 0 Å². The fourth-order valence-electron chi connectivity index (χ4n) is 1.85. The Balaban J connectivity index is 2.72. The Morgan fingerprint density at radius 3 is 2.24 bits per heavy atom. The SMILES string of the molecule is COCc1nc(C)c(CCNC(C)C)c(C)n1. The van der Waals surface area contributed by atoms with Gasteiger partial charge in [-0.05, 0) is 32.4 Å². The first-order chi connectivity index (χ1) is 8.04. The lowest BCUT2D eigenvalue weighted by Gasteiger charge is -2.12. The predicted octanol–water partition coefficient (Wildman–Crippen LogP) is 1.78. The van der Waals surface area contributed by atoms with Gasteiger partial charge in [0.2, 0.25) is 0 Å². The first-order valence-electron chi connectivity index (χ1n) is 6.10. The molecule has 0 fully saturated rings. The number of nitrogens with zero attached hydrogens (tertiary/aromatic N) is 2. The molecule has 0 saturated carbocycles. The van der Waals surface area contributed by atoms with Crippen LogP contribution in [0, 0.1) is 13.8 Å². The molecular weight excluding hydrogens is 214 g/mol. The van der Waals surface area contributed by atoms with Gasteiger partial charge < -0.3 is 10.1 Å². The largest absolute Gasteiger partial charge is 0.377 e. The lowest BCUT2D eigenvalue weighted by Crippen LogP contribution is -2.25. The number of hydrogen-bond donors (Lipinski definition) is 1. The van der Waals surface area contributed by atoms with Crippen LogP contribution in [-0.4, -0.2) is 29.7 Å². The highest BCUT2D eigenvalue weighted by atomic mass is 16.5. The van der Waals surface area contributed by atoms with E-state index in [1.54, 1.807) is 7.11 Å². The standard InChI is InChI=1S/C13H23N3O/c1-9(2)14-7-6-12-10(3)15-13(8-17-5)16-11(12)4/h9,14H,6-8H2,1-5H3. The number of ether oxygens (including phenoxy) is 1. The molecule has 0 aromatic carbocycles. The summed E-state index contributed by atoms with van der Waals surface area (Å²) in [5.41, 5.74) is 3.38. The summed E-state index contributed by atoms with van der Waals surface area (Å²) in [6.07, 6.45) is 0.975. The number of rotatable bonds is 6. The maximum absolute atomic E-state index is 5.05. The van der Waals surface area contributed by atoms with Crippen LogP contribution in [0.25, 0.3) is 0 Å². The van der Waals surface area contributed by atoms with Crippen molar-refractivity contribution in [3.8, 4) is 0 Å². The zero-order chi connectivity index (χ0) is 12.8. The van der Waals surface area contributed by atoms with Gasteiger partial charge in [0.1, 0.15) is 6.61 Å². The second-order valence-electron chi connectivity index (χ2n) is 4.58. The van der Waals surface area contributed by atoms with Crippen molar-refractivity contribution in [2.75, 3.05) is 13.7 Å². The molecule has 0 aliphatic carbocycles. The fraction of sp³-hybridized carbons (Fsp3) is 0.692. The Hall–Kier alpha value is -1.00. The highest BCUT2D eigenvalue weighted by Gasteiger charge is 2.08. The zero-order valence-electron chi connectivity index (χ0n) is 11.5. The molecule has 1 rings (SSSR count). The molecule has 0 bridgehead atoms. The Labute approximate surface area is 104 Å². The number of methoxy groups -OCH3 is 1. The molecular formula is C13H23N3O. The summed E-state index contributed by atoms with van der Waals surface area (Å²) in [5, 5.41) is 3.41. The third-order valence-electron chi connectivity index (χ3n) is 2.67. The minimum absolute atomic E-state index is 0.478. The number of hydrogen-bond acceptors (Lipinski definition) is 4. The van der Waals surface area contributed by atoms with E-state index in [0.29, 0.717) is 12.6 Å². The van der Waals surface area contributed by atoms with Crippen LogP contribution in [-0.2, 0) is 17.8 Å². The van der Waals surface area contributed by atoms with E-state index in [0.717, 1.165) is 30.2 Å². The molecule has 96 valence electrons. The van der Waals surface area contributed by atoms with Crippen molar-refractivity contribution in [2.45, 2.75) is 46.8 Å². The lowest BCUT2D eigenvalue weighted by molar-refractivity contribution is 0.177. The summed E-state index contributed by atoms with van der Waals surface area (Å²) in [5.74, 6) is 0.767. The third kappa shape index (κ3) is 4.40. The van der Waals surface area contributed by atoms with Crippen LogP contribution in [0.4, 0.5) is 0 Å². The first-order valence-corrected chi connectivity index (χ1v) is 6.10. The molecule has 1 aromatic heterocycles. The van der Waals surface area contributed by atoms with Crippen LogP contribution < -0.4 is 5.32 Å². The van der Waals surface area contributed by atoms with Crippen LogP contribution in [0.2, 0.25) is 0 Å². The van der Waals surface area contributed by atoms with Crippen molar-refractivity contribution in [3.05, 3.63) is 22.8 Å². The molecule has 4 nitrogen and oxygen atoms in total. The molecule has 1 heterocycles. The Kier molecular flexibility index (Phi) is 5.51. The van der Waals surface area contributed by atoms with Gasteiger partial charge in [-0.2, -0.15) is 0 Å². The van der Waals surface area contributed by atoms with Gasteiger partial charge >= 0.3 is 0 Å². The Morgan fingerprint density at radius 1 is 1.18 bits per heavy atom. The van der Waals surface area contributed by atoms with Crippen molar-refractivity contribution >= 4 is 0 Å².